The van der Waals surface area contributed by atoms with Gasteiger partial charge in [0.25, 0.3) is 0 Å². The number of halogens is 3. The Morgan fingerprint density at radius 2 is 1.69 bits per heavy atom. The predicted octanol–water partition coefficient (Wildman–Crippen LogP) is 2.92. The van der Waals surface area contributed by atoms with E-state index in [-0.39, 0.29) is 0 Å². The lowest BCUT2D eigenvalue weighted by Gasteiger charge is -2.39. The third kappa shape index (κ3) is 5.13. The molecule has 13 heavy (non-hydrogen) atoms. The molecule has 0 unspecified atom stereocenters. The molecule has 0 N–H and O–H groups in total. The van der Waals surface area contributed by atoms with Crippen LogP contribution in [0.1, 0.15) is 27.2 Å². The van der Waals surface area contributed by atoms with Crippen molar-refractivity contribution in [2.45, 2.75) is 33.4 Å². The van der Waals surface area contributed by atoms with E-state index in [2.05, 4.69) is 0 Å². The van der Waals surface area contributed by atoms with Crippen molar-refractivity contribution in [3.63, 3.8) is 0 Å². The third-order valence-electron chi connectivity index (χ3n) is 2.01. The van der Waals surface area contributed by atoms with Crippen LogP contribution in [0.4, 0.5) is 13.2 Å². The number of rotatable bonds is 2. The van der Waals surface area contributed by atoms with Gasteiger partial charge in [-0.3, -0.25) is 4.90 Å². The second-order valence-corrected chi connectivity index (χ2v) is 3.08. The first-order valence-electron chi connectivity index (χ1n) is 4.80. The maximum atomic E-state index is 11.7. The molecule has 0 aromatic carbocycles. The molecule has 0 aliphatic carbocycles. The summed E-state index contributed by atoms with van der Waals surface area (Å²) in [7, 11) is 0. The molecule has 0 bridgehead atoms. The van der Waals surface area contributed by atoms with E-state index >= 15 is 0 Å². The Hall–Kier alpha value is -0.250. The largest absolute Gasteiger partial charge is 0.401 e. The van der Waals surface area contributed by atoms with Crippen molar-refractivity contribution in [2.24, 2.45) is 5.92 Å². The van der Waals surface area contributed by atoms with E-state index in [0.29, 0.717) is 19.0 Å². The summed E-state index contributed by atoms with van der Waals surface area (Å²) in [4.78, 5) is 1.44. The Morgan fingerprint density at radius 3 is 2.00 bits per heavy atom. The van der Waals surface area contributed by atoms with Gasteiger partial charge < -0.3 is 0 Å². The van der Waals surface area contributed by atoms with Crippen LogP contribution in [0.15, 0.2) is 0 Å². The Bertz CT molecular complexity index is 127. The first-order valence-corrected chi connectivity index (χ1v) is 4.80. The van der Waals surface area contributed by atoms with Crippen LogP contribution in [0, 0.1) is 5.92 Å². The van der Waals surface area contributed by atoms with Gasteiger partial charge in [-0.05, 0) is 5.92 Å². The molecule has 0 radical (unpaired) electrons. The van der Waals surface area contributed by atoms with Gasteiger partial charge in [-0.25, -0.2) is 0 Å². The van der Waals surface area contributed by atoms with Gasteiger partial charge in [0.2, 0.25) is 0 Å². The summed E-state index contributed by atoms with van der Waals surface area (Å²) in [5.41, 5.74) is 0. The minimum Gasteiger partial charge on any atom is -0.294 e. The van der Waals surface area contributed by atoms with Crippen molar-refractivity contribution in [2.75, 3.05) is 19.6 Å². The molecule has 1 aliphatic rings. The maximum absolute atomic E-state index is 11.7. The van der Waals surface area contributed by atoms with Gasteiger partial charge in [0.05, 0.1) is 6.54 Å². The van der Waals surface area contributed by atoms with E-state index in [4.69, 9.17) is 0 Å². The van der Waals surface area contributed by atoms with Crippen molar-refractivity contribution in [3.05, 3.63) is 0 Å². The van der Waals surface area contributed by atoms with E-state index in [9.17, 15) is 13.2 Å². The molecular formula is C9H18F3N. The molecule has 1 nitrogen and oxygen atoms in total. The third-order valence-corrected chi connectivity index (χ3v) is 2.01. The minimum atomic E-state index is -4.02. The van der Waals surface area contributed by atoms with Gasteiger partial charge in [-0.15, -0.1) is 0 Å². The van der Waals surface area contributed by atoms with E-state index in [1.54, 1.807) is 0 Å². The van der Waals surface area contributed by atoms with Gasteiger partial charge in [0.15, 0.2) is 0 Å². The summed E-state index contributed by atoms with van der Waals surface area (Å²) in [6.45, 7) is 6.52. The van der Waals surface area contributed by atoms with E-state index < -0.39 is 12.7 Å². The summed E-state index contributed by atoms with van der Waals surface area (Å²) in [5, 5.41) is 0. The molecule has 0 spiro atoms. The quantitative estimate of drug-likeness (QED) is 0.658. The maximum Gasteiger partial charge on any atom is 0.401 e. The smallest absolute Gasteiger partial charge is 0.294 e. The van der Waals surface area contributed by atoms with Crippen LogP contribution >= 0.6 is 0 Å². The standard InChI is InChI=1S/C7H12F3N.C2H6/c1-2-6-3-11(4-6)5-7(8,9)10;1-2/h6H,2-5H2,1H3;1-2H3. The molecule has 1 rings (SSSR count). The van der Waals surface area contributed by atoms with Crippen LogP contribution in [-0.4, -0.2) is 30.7 Å². The molecule has 1 saturated heterocycles. The average molecular weight is 197 g/mol. The zero-order valence-corrected chi connectivity index (χ0v) is 8.49. The van der Waals surface area contributed by atoms with Crippen molar-refractivity contribution >= 4 is 0 Å². The Kier molecular flexibility index (Phi) is 5.37. The summed E-state index contributed by atoms with van der Waals surface area (Å²) in [6.07, 6.45) is -3.02. The Labute approximate surface area is 77.9 Å². The fourth-order valence-electron chi connectivity index (χ4n) is 1.32. The van der Waals surface area contributed by atoms with Crippen LogP contribution < -0.4 is 0 Å². The molecule has 1 heterocycles. The van der Waals surface area contributed by atoms with Crippen LogP contribution in [0.25, 0.3) is 0 Å². The van der Waals surface area contributed by atoms with Crippen LogP contribution in [0.5, 0.6) is 0 Å². The van der Waals surface area contributed by atoms with Crippen molar-refractivity contribution < 1.29 is 13.2 Å². The zero-order chi connectivity index (χ0) is 10.5. The van der Waals surface area contributed by atoms with Gasteiger partial charge in [0, 0.05) is 13.1 Å². The second kappa shape index (κ2) is 5.47. The number of likely N-dealkylation sites (tertiary alicyclic amines) is 1. The molecule has 4 heteroatoms. The van der Waals surface area contributed by atoms with Gasteiger partial charge in [0.1, 0.15) is 0 Å². The summed E-state index contributed by atoms with van der Waals surface area (Å²) >= 11 is 0. The van der Waals surface area contributed by atoms with Gasteiger partial charge in [-0.2, -0.15) is 13.2 Å². The van der Waals surface area contributed by atoms with Gasteiger partial charge in [-0.1, -0.05) is 27.2 Å². The zero-order valence-electron chi connectivity index (χ0n) is 8.49. The van der Waals surface area contributed by atoms with Gasteiger partial charge >= 0.3 is 6.18 Å². The van der Waals surface area contributed by atoms with Crippen LogP contribution in [0.3, 0.4) is 0 Å². The van der Waals surface area contributed by atoms with E-state index in [1.165, 1.54) is 4.90 Å². The number of hydrogen-bond donors (Lipinski definition) is 0. The fourth-order valence-corrected chi connectivity index (χ4v) is 1.32. The van der Waals surface area contributed by atoms with E-state index in [0.717, 1.165) is 6.42 Å². The SMILES string of the molecule is CC.CCC1CN(CC(F)(F)F)C1. The molecule has 0 amide bonds. The van der Waals surface area contributed by atoms with Crippen LogP contribution in [-0.2, 0) is 0 Å². The first-order chi connectivity index (χ1) is 6.01. The lowest BCUT2D eigenvalue weighted by atomic mass is 9.98. The molecule has 1 aliphatic heterocycles. The fraction of sp³-hybridized carbons (Fsp3) is 1.00. The number of nitrogens with zero attached hydrogens (tertiary/aromatic N) is 1. The molecule has 80 valence electrons. The predicted molar refractivity (Wildman–Crippen MR) is 47.6 cm³/mol. The average Bonchev–Trinajstić information content (AvgIpc) is 1.98. The van der Waals surface area contributed by atoms with Crippen molar-refractivity contribution in [3.8, 4) is 0 Å². The summed E-state index contributed by atoms with van der Waals surface area (Å²) < 4.78 is 35.1. The number of alkyl halides is 3. The molecule has 1 fully saturated rings. The molecular weight excluding hydrogens is 179 g/mol. The lowest BCUT2D eigenvalue weighted by Crippen LogP contribution is -2.50. The summed E-state index contributed by atoms with van der Waals surface area (Å²) in [6, 6.07) is 0. The van der Waals surface area contributed by atoms with Crippen molar-refractivity contribution in [1.82, 2.24) is 4.90 Å². The molecule has 0 saturated carbocycles. The highest BCUT2D eigenvalue weighted by Gasteiger charge is 2.36. The Morgan fingerprint density at radius 1 is 1.23 bits per heavy atom. The highest BCUT2D eigenvalue weighted by atomic mass is 19.4. The molecule has 0 aromatic heterocycles. The first kappa shape index (κ1) is 12.8. The highest BCUT2D eigenvalue weighted by Crippen LogP contribution is 2.24. The monoisotopic (exact) mass is 197 g/mol. The molecule has 0 atom stereocenters. The highest BCUT2D eigenvalue weighted by molar-refractivity contribution is 4.79. The summed E-state index contributed by atoms with van der Waals surface area (Å²) in [5.74, 6) is 0.498. The lowest BCUT2D eigenvalue weighted by molar-refractivity contribution is -0.158. The van der Waals surface area contributed by atoms with Crippen LogP contribution in [0.2, 0.25) is 0 Å². The number of hydrogen-bond acceptors (Lipinski definition) is 1. The molecule has 0 aromatic rings. The van der Waals surface area contributed by atoms with Crippen molar-refractivity contribution in [1.29, 1.82) is 0 Å². The topological polar surface area (TPSA) is 3.24 Å². The minimum absolute atomic E-state index is 0.498. The second-order valence-electron chi connectivity index (χ2n) is 3.08. The van der Waals surface area contributed by atoms with E-state index in [1.807, 2.05) is 20.8 Å². The normalized spacial score (nSPS) is 18.9. The Balaban J connectivity index is 0.000000671.